The van der Waals surface area contributed by atoms with Crippen LogP contribution < -0.4 is 0 Å². The SMILES string of the molecule is OB(O)C1C#CC2C(F)=C2CC1. The molecule has 12 heavy (non-hydrogen) atoms. The zero-order valence-electron chi connectivity index (χ0n) is 6.42. The minimum absolute atomic E-state index is 0.103. The Morgan fingerprint density at radius 2 is 2.17 bits per heavy atom. The summed E-state index contributed by atoms with van der Waals surface area (Å²) in [7, 11) is -1.39. The maximum atomic E-state index is 12.6. The lowest BCUT2D eigenvalue weighted by atomic mass is 9.71. The topological polar surface area (TPSA) is 40.5 Å². The molecule has 0 saturated carbocycles. The van der Waals surface area contributed by atoms with Crippen molar-refractivity contribution in [3.63, 3.8) is 0 Å². The molecule has 0 fully saturated rings. The number of hydrogen-bond acceptors (Lipinski definition) is 2. The molecule has 2 atom stereocenters. The van der Waals surface area contributed by atoms with Crippen LogP contribution >= 0.6 is 0 Å². The lowest BCUT2D eigenvalue weighted by Gasteiger charge is -2.05. The molecular formula is C8H8BFO2. The molecule has 0 aromatic carbocycles. The number of rotatable bonds is 1. The number of hydrogen-bond donors (Lipinski definition) is 2. The van der Waals surface area contributed by atoms with Crippen LogP contribution in [0.5, 0.6) is 0 Å². The van der Waals surface area contributed by atoms with Gasteiger partial charge in [-0.15, -0.1) is 5.92 Å². The van der Waals surface area contributed by atoms with E-state index in [2.05, 4.69) is 11.8 Å². The van der Waals surface area contributed by atoms with E-state index in [1.165, 1.54) is 0 Å². The highest BCUT2D eigenvalue weighted by Gasteiger charge is 2.38. The molecule has 0 aromatic rings. The van der Waals surface area contributed by atoms with Crippen molar-refractivity contribution in [3.8, 4) is 11.8 Å². The van der Waals surface area contributed by atoms with E-state index in [4.69, 9.17) is 10.0 Å². The average molecular weight is 166 g/mol. The van der Waals surface area contributed by atoms with Gasteiger partial charge in [0.25, 0.3) is 0 Å². The van der Waals surface area contributed by atoms with Crippen LogP contribution in [-0.4, -0.2) is 17.2 Å². The van der Waals surface area contributed by atoms with Crippen molar-refractivity contribution in [1.82, 2.24) is 0 Å². The summed E-state index contributed by atoms with van der Waals surface area (Å²) in [5.74, 6) is 4.56. The van der Waals surface area contributed by atoms with Crippen LogP contribution in [-0.2, 0) is 0 Å². The first-order valence-corrected chi connectivity index (χ1v) is 3.96. The lowest BCUT2D eigenvalue weighted by molar-refractivity contribution is 0.393. The highest BCUT2D eigenvalue weighted by atomic mass is 19.1. The van der Waals surface area contributed by atoms with Crippen LogP contribution in [0.3, 0.4) is 0 Å². The third-order valence-electron chi connectivity index (χ3n) is 2.32. The molecule has 2 unspecified atom stereocenters. The molecule has 2 N–H and O–H groups in total. The molecule has 4 heteroatoms. The fourth-order valence-corrected chi connectivity index (χ4v) is 1.45. The highest BCUT2D eigenvalue weighted by Crippen LogP contribution is 2.45. The minimum atomic E-state index is -1.39. The van der Waals surface area contributed by atoms with E-state index < -0.39 is 12.9 Å². The van der Waals surface area contributed by atoms with Crippen LogP contribution in [0.4, 0.5) is 4.39 Å². The Balaban J connectivity index is 2.07. The first-order chi connectivity index (χ1) is 5.70. The van der Waals surface area contributed by atoms with Gasteiger partial charge in [-0.05, 0) is 18.4 Å². The Hall–Kier alpha value is -0.785. The summed E-state index contributed by atoms with van der Waals surface area (Å²) in [5, 5.41) is 17.6. The van der Waals surface area contributed by atoms with Gasteiger partial charge < -0.3 is 10.0 Å². The monoisotopic (exact) mass is 166 g/mol. The molecule has 0 heterocycles. The normalized spacial score (nSPS) is 31.6. The van der Waals surface area contributed by atoms with Crippen LogP contribution in [0.1, 0.15) is 12.8 Å². The van der Waals surface area contributed by atoms with Crippen LogP contribution in [0.25, 0.3) is 0 Å². The number of allylic oxidation sites excluding steroid dienone is 2. The Morgan fingerprint density at radius 3 is 2.83 bits per heavy atom. The first kappa shape index (κ1) is 7.84. The third-order valence-corrected chi connectivity index (χ3v) is 2.32. The average Bonchev–Trinajstić information content (AvgIpc) is 2.67. The van der Waals surface area contributed by atoms with Gasteiger partial charge >= 0.3 is 7.12 Å². The van der Waals surface area contributed by atoms with Crippen molar-refractivity contribution in [2.75, 3.05) is 0 Å². The Kier molecular flexibility index (Phi) is 1.71. The van der Waals surface area contributed by atoms with Crippen LogP contribution in [0.2, 0.25) is 5.82 Å². The molecular weight excluding hydrogens is 158 g/mol. The Labute approximate surface area is 70.2 Å². The zero-order valence-corrected chi connectivity index (χ0v) is 6.42. The van der Waals surface area contributed by atoms with E-state index in [1.807, 2.05) is 0 Å². The van der Waals surface area contributed by atoms with Crippen LogP contribution in [0, 0.1) is 17.8 Å². The summed E-state index contributed by atoms with van der Waals surface area (Å²) in [6.45, 7) is 0. The van der Waals surface area contributed by atoms with Gasteiger partial charge in [-0.3, -0.25) is 0 Å². The first-order valence-electron chi connectivity index (χ1n) is 3.96. The van der Waals surface area contributed by atoms with Gasteiger partial charge in [-0.2, -0.15) is 0 Å². The Bertz CT molecular complexity index is 300. The highest BCUT2D eigenvalue weighted by molar-refractivity contribution is 6.44. The van der Waals surface area contributed by atoms with Crippen molar-refractivity contribution in [3.05, 3.63) is 11.4 Å². The second-order valence-electron chi connectivity index (χ2n) is 3.15. The quantitative estimate of drug-likeness (QED) is 0.439. The van der Waals surface area contributed by atoms with Gasteiger partial charge in [0.05, 0.1) is 11.7 Å². The molecule has 0 bridgehead atoms. The van der Waals surface area contributed by atoms with Gasteiger partial charge in [0.1, 0.15) is 5.83 Å². The Morgan fingerprint density at radius 1 is 1.42 bits per heavy atom. The molecule has 0 spiro atoms. The molecule has 0 aliphatic heterocycles. The van der Waals surface area contributed by atoms with Gasteiger partial charge in [0.15, 0.2) is 0 Å². The maximum Gasteiger partial charge on any atom is 0.467 e. The lowest BCUT2D eigenvalue weighted by Crippen LogP contribution is -2.18. The van der Waals surface area contributed by atoms with Crippen molar-refractivity contribution < 1.29 is 14.4 Å². The smallest absolute Gasteiger partial charge is 0.426 e. The van der Waals surface area contributed by atoms with Gasteiger partial charge in [-0.1, -0.05) is 5.92 Å². The predicted molar refractivity (Wildman–Crippen MR) is 42.6 cm³/mol. The van der Waals surface area contributed by atoms with Crippen LogP contribution in [0.15, 0.2) is 11.4 Å². The van der Waals surface area contributed by atoms with Crippen molar-refractivity contribution in [1.29, 1.82) is 0 Å². The second kappa shape index (κ2) is 2.61. The fourth-order valence-electron chi connectivity index (χ4n) is 1.45. The maximum absolute atomic E-state index is 12.6. The van der Waals surface area contributed by atoms with E-state index in [-0.39, 0.29) is 11.7 Å². The molecule has 2 nitrogen and oxygen atoms in total. The predicted octanol–water partition coefficient (Wildman–Crippen LogP) is 0.480. The molecule has 2 aliphatic rings. The molecule has 62 valence electrons. The molecule has 2 rings (SSSR count). The minimum Gasteiger partial charge on any atom is -0.426 e. The molecule has 0 aromatic heterocycles. The molecule has 0 saturated heterocycles. The summed E-state index contributed by atoms with van der Waals surface area (Å²) < 4.78 is 12.6. The van der Waals surface area contributed by atoms with Crippen molar-refractivity contribution in [2.24, 2.45) is 5.92 Å². The van der Waals surface area contributed by atoms with Crippen molar-refractivity contribution in [2.45, 2.75) is 18.7 Å². The molecule has 2 aliphatic carbocycles. The van der Waals surface area contributed by atoms with E-state index in [9.17, 15) is 4.39 Å². The summed E-state index contributed by atoms with van der Waals surface area (Å²) in [5.41, 5.74) is 0.755. The van der Waals surface area contributed by atoms with Gasteiger partial charge in [0, 0.05) is 0 Å². The van der Waals surface area contributed by atoms with Gasteiger partial charge in [-0.25, -0.2) is 4.39 Å². The third kappa shape index (κ3) is 1.15. The van der Waals surface area contributed by atoms with E-state index in [1.54, 1.807) is 0 Å². The summed E-state index contributed by atoms with van der Waals surface area (Å²) >= 11 is 0. The van der Waals surface area contributed by atoms with E-state index in [0.29, 0.717) is 12.8 Å². The molecule has 0 amide bonds. The number of fused-ring (bicyclic) bond motifs is 1. The summed E-state index contributed by atoms with van der Waals surface area (Å²) in [6, 6.07) is 0. The summed E-state index contributed by atoms with van der Waals surface area (Å²) in [6.07, 6.45) is 1.14. The van der Waals surface area contributed by atoms with Crippen molar-refractivity contribution >= 4 is 7.12 Å². The number of halogens is 1. The zero-order chi connectivity index (χ0) is 8.72. The standard InChI is InChI=1S/C8H8BFO2/c10-8-6-3-1-5(9(11)12)2-4-7(6)8/h5,7,11-12H,1,3H2. The summed E-state index contributed by atoms with van der Waals surface area (Å²) in [4.78, 5) is 0. The van der Waals surface area contributed by atoms with E-state index in [0.717, 1.165) is 5.57 Å². The van der Waals surface area contributed by atoms with E-state index >= 15 is 0 Å². The largest absolute Gasteiger partial charge is 0.467 e. The van der Waals surface area contributed by atoms with Gasteiger partial charge in [0.2, 0.25) is 0 Å². The second-order valence-corrected chi connectivity index (χ2v) is 3.15. The molecule has 0 radical (unpaired) electrons. The fraction of sp³-hybridized carbons (Fsp3) is 0.500.